The maximum Gasteiger partial charge on any atom is 0.428 e. The van der Waals surface area contributed by atoms with Crippen molar-refractivity contribution in [3.8, 4) is 0 Å². The topological polar surface area (TPSA) is 120 Å². The molecule has 1 saturated carbocycles. The van der Waals surface area contributed by atoms with Crippen LogP contribution in [0.25, 0.3) is 0 Å². The van der Waals surface area contributed by atoms with Crippen molar-refractivity contribution in [3.63, 3.8) is 0 Å². The highest BCUT2D eigenvalue weighted by atomic mass is 79.9. The Balaban J connectivity index is 1.82. The van der Waals surface area contributed by atoms with Gasteiger partial charge in [0.15, 0.2) is 5.60 Å². The lowest BCUT2D eigenvalue weighted by molar-refractivity contribution is -0.0662. The van der Waals surface area contributed by atoms with E-state index < -0.39 is 35.2 Å². The molecule has 1 spiro atoms. The molecule has 152 valence electrons. The van der Waals surface area contributed by atoms with Crippen LogP contribution in [-0.2, 0) is 4.74 Å². The Hall–Kier alpha value is -2.20. The molecule has 0 saturated heterocycles. The SMILES string of the molecule is CC(CC1(O)CCC2(CC1)OC(=O)NN=C2c1ccc(F)cc1Br)NC(=O)O. The third-order valence-electron chi connectivity index (χ3n) is 5.21. The van der Waals surface area contributed by atoms with Crippen LogP contribution in [0.2, 0.25) is 0 Å². The molecular weight excluding hydrogens is 437 g/mol. The van der Waals surface area contributed by atoms with Crippen LogP contribution in [0.3, 0.4) is 0 Å². The summed E-state index contributed by atoms with van der Waals surface area (Å²) in [5.74, 6) is -0.413. The number of carbonyl (C=O) groups excluding carboxylic acids is 1. The molecule has 1 aromatic rings. The lowest BCUT2D eigenvalue weighted by atomic mass is 9.70. The largest absolute Gasteiger partial charge is 0.465 e. The van der Waals surface area contributed by atoms with Gasteiger partial charge in [-0.2, -0.15) is 5.10 Å². The lowest BCUT2D eigenvalue weighted by Crippen LogP contribution is -2.55. The molecule has 0 aromatic heterocycles. The minimum absolute atomic E-state index is 0.244. The quantitative estimate of drug-likeness (QED) is 0.553. The summed E-state index contributed by atoms with van der Waals surface area (Å²) in [7, 11) is 0. The van der Waals surface area contributed by atoms with E-state index >= 15 is 0 Å². The summed E-state index contributed by atoms with van der Waals surface area (Å²) >= 11 is 3.32. The lowest BCUT2D eigenvalue weighted by Gasteiger charge is -2.45. The van der Waals surface area contributed by atoms with Gasteiger partial charge in [-0.1, -0.05) is 15.9 Å². The standard InChI is InChI=1S/C18H21BrFN3O5/c1-10(21-15(24)25)9-17(27)4-6-18(7-5-17)14(22-23-16(26)28-18)12-3-2-11(20)8-13(12)19/h2-3,8,10,21,27H,4-7,9H2,1H3,(H,23,26)(H,24,25). The number of carbonyl (C=O) groups is 2. The van der Waals surface area contributed by atoms with Crippen molar-refractivity contribution in [2.24, 2.45) is 5.10 Å². The molecule has 2 amide bonds. The smallest absolute Gasteiger partial charge is 0.428 e. The van der Waals surface area contributed by atoms with Gasteiger partial charge in [0.1, 0.15) is 11.5 Å². The molecule has 1 unspecified atom stereocenters. The zero-order valence-electron chi connectivity index (χ0n) is 15.2. The molecule has 0 radical (unpaired) electrons. The second kappa shape index (κ2) is 7.67. The highest BCUT2D eigenvalue weighted by Gasteiger charge is 2.50. The fourth-order valence-electron chi connectivity index (χ4n) is 3.93. The van der Waals surface area contributed by atoms with E-state index in [1.54, 1.807) is 13.0 Å². The Labute approximate surface area is 169 Å². The maximum atomic E-state index is 13.5. The Morgan fingerprint density at radius 3 is 2.71 bits per heavy atom. The molecule has 1 atom stereocenters. The number of benzene rings is 1. The number of ether oxygens (including phenoxy) is 1. The molecule has 1 fully saturated rings. The Kier molecular flexibility index (Phi) is 5.62. The van der Waals surface area contributed by atoms with Gasteiger partial charge < -0.3 is 20.3 Å². The molecule has 1 aromatic carbocycles. The fraction of sp³-hybridized carbons (Fsp3) is 0.500. The molecule has 2 aliphatic rings. The van der Waals surface area contributed by atoms with Crippen LogP contribution in [0.5, 0.6) is 0 Å². The van der Waals surface area contributed by atoms with E-state index in [0.29, 0.717) is 41.4 Å². The first-order valence-corrected chi connectivity index (χ1v) is 9.66. The van der Waals surface area contributed by atoms with E-state index in [-0.39, 0.29) is 6.42 Å². The first kappa shape index (κ1) is 20.5. The van der Waals surface area contributed by atoms with Gasteiger partial charge in [-0.25, -0.2) is 19.4 Å². The summed E-state index contributed by atoms with van der Waals surface area (Å²) < 4.78 is 19.6. The van der Waals surface area contributed by atoms with Gasteiger partial charge in [-0.3, -0.25) is 0 Å². The molecule has 4 N–H and O–H groups in total. The first-order valence-electron chi connectivity index (χ1n) is 8.87. The van der Waals surface area contributed by atoms with Crippen LogP contribution in [0.4, 0.5) is 14.0 Å². The van der Waals surface area contributed by atoms with Crippen molar-refractivity contribution in [1.82, 2.24) is 10.7 Å². The van der Waals surface area contributed by atoms with E-state index in [0.717, 1.165) is 0 Å². The van der Waals surface area contributed by atoms with E-state index in [1.807, 2.05) is 0 Å². The van der Waals surface area contributed by atoms with Crippen LogP contribution in [-0.4, -0.2) is 45.4 Å². The van der Waals surface area contributed by atoms with Crippen LogP contribution in [0.1, 0.15) is 44.6 Å². The number of hydrogen-bond acceptors (Lipinski definition) is 5. The zero-order valence-corrected chi connectivity index (χ0v) is 16.8. The van der Waals surface area contributed by atoms with Crippen LogP contribution in [0.15, 0.2) is 27.8 Å². The number of nitrogens with one attached hydrogen (secondary N) is 2. The van der Waals surface area contributed by atoms with Crippen molar-refractivity contribution < 1.29 is 28.9 Å². The molecule has 8 nitrogen and oxygen atoms in total. The normalized spacial score (nSPS) is 28.1. The van der Waals surface area contributed by atoms with Crippen molar-refractivity contribution >= 4 is 33.8 Å². The third-order valence-corrected chi connectivity index (χ3v) is 5.87. The summed E-state index contributed by atoms with van der Waals surface area (Å²) in [6, 6.07) is 3.73. The molecule has 0 bridgehead atoms. The van der Waals surface area contributed by atoms with Gasteiger partial charge >= 0.3 is 12.2 Å². The van der Waals surface area contributed by atoms with Crippen molar-refractivity contribution in [2.45, 2.75) is 56.3 Å². The number of amides is 2. The second-order valence-corrected chi connectivity index (χ2v) is 8.21. The average Bonchev–Trinajstić information content (AvgIpc) is 2.58. The average molecular weight is 458 g/mol. The first-order chi connectivity index (χ1) is 13.1. The van der Waals surface area contributed by atoms with Crippen molar-refractivity contribution in [1.29, 1.82) is 0 Å². The van der Waals surface area contributed by atoms with Gasteiger partial charge in [0, 0.05) is 16.1 Å². The van der Waals surface area contributed by atoms with Crippen LogP contribution >= 0.6 is 15.9 Å². The Morgan fingerprint density at radius 2 is 2.11 bits per heavy atom. The number of halogens is 2. The Bertz CT molecular complexity index is 823. The summed E-state index contributed by atoms with van der Waals surface area (Å²) in [6.45, 7) is 1.68. The van der Waals surface area contributed by atoms with E-state index in [1.165, 1.54) is 12.1 Å². The number of nitrogens with zero attached hydrogens (tertiary/aromatic N) is 1. The number of carboxylic acid groups (broad SMARTS) is 1. The predicted molar refractivity (Wildman–Crippen MR) is 102 cm³/mol. The van der Waals surface area contributed by atoms with Gasteiger partial charge in [-0.15, -0.1) is 0 Å². The number of aliphatic hydroxyl groups is 1. The summed E-state index contributed by atoms with van der Waals surface area (Å²) in [6.07, 6.45) is -0.389. The highest BCUT2D eigenvalue weighted by molar-refractivity contribution is 9.10. The maximum absolute atomic E-state index is 13.5. The van der Waals surface area contributed by atoms with Crippen molar-refractivity contribution in [3.05, 3.63) is 34.1 Å². The van der Waals surface area contributed by atoms with E-state index in [4.69, 9.17) is 9.84 Å². The van der Waals surface area contributed by atoms with Gasteiger partial charge in [-0.05, 0) is 57.2 Å². The monoisotopic (exact) mass is 457 g/mol. The molecule has 1 aliphatic heterocycles. The fourth-order valence-corrected chi connectivity index (χ4v) is 4.47. The molecule has 28 heavy (non-hydrogen) atoms. The van der Waals surface area contributed by atoms with Crippen LogP contribution in [0, 0.1) is 5.82 Å². The second-order valence-electron chi connectivity index (χ2n) is 7.36. The van der Waals surface area contributed by atoms with E-state index in [9.17, 15) is 19.1 Å². The van der Waals surface area contributed by atoms with Crippen LogP contribution < -0.4 is 10.7 Å². The molecule has 3 rings (SSSR count). The highest BCUT2D eigenvalue weighted by Crippen LogP contribution is 2.43. The minimum Gasteiger partial charge on any atom is -0.465 e. The number of hydrogen-bond donors (Lipinski definition) is 4. The van der Waals surface area contributed by atoms with Crippen molar-refractivity contribution in [2.75, 3.05) is 0 Å². The predicted octanol–water partition coefficient (Wildman–Crippen LogP) is 3.12. The third kappa shape index (κ3) is 4.27. The molecular formula is C18H21BrFN3O5. The Morgan fingerprint density at radius 1 is 1.43 bits per heavy atom. The van der Waals surface area contributed by atoms with Gasteiger partial charge in [0.2, 0.25) is 0 Å². The summed E-state index contributed by atoms with van der Waals surface area (Å²) in [4.78, 5) is 22.6. The zero-order chi connectivity index (χ0) is 20.5. The molecule has 1 heterocycles. The number of hydrazone groups is 1. The molecule has 1 aliphatic carbocycles. The molecule has 10 heteroatoms. The minimum atomic E-state index is -1.15. The summed E-state index contributed by atoms with van der Waals surface area (Å²) in [5.41, 5.74) is 1.21. The van der Waals surface area contributed by atoms with E-state index in [2.05, 4.69) is 31.8 Å². The number of rotatable bonds is 4. The van der Waals surface area contributed by atoms with Gasteiger partial charge in [0.25, 0.3) is 0 Å². The van der Waals surface area contributed by atoms with Gasteiger partial charge in [0.05, 0.1) is 5.60 Å². The summed E-state index contributed by atoms with van der Waals surface area (Å²) in [5, 5.41) is 26.2.